The average Bonchev–Trinajstić information content (AvgIpc) is 3.38. The van der Waals surface area contributed by atoms with Gasteiger partial charge < -0.3 is 19.7 Å². The number of carbonyl (C=O) groups excluding carboxylic acids is 2. The average molecular weight is 555 g/mol. The van der Waals surface area contributed by atoms with Crippen LogP contribution in [0, 0.1) is 6.92 Å². The Hall–Kier alpha value is -4.54. The van der Waals surface area contributed by atoms with Gasteiger partial charge in [0.2, 0.25) is 0 Å². The third-order valence-electron chi connectivity index (χ3n) is 6.53. The smallest absolute Gasteiger partial charge is 0.416 e. The van der Waals surface area contributed by atoms with E-state index in [1.807, 2.05) is 37.3 Å². The van der Waals surface area contributed by atoms with Gasteiger partial charge in [-0.2, -0.15) is 18.3 Å². The van der Waals surface area contributed by atoms with Gasteiger partial charge in [0, 0.05) is 30.8 Å². The summed E-state index contributed by atoms with van der Waals surface area (Å²) >= 11 is 0. The first kappa shape index (κ1) is 28.5. The summed E-state index contributed by atoms with van der Waals surface area (Å²) in [6.07, 6.45) is -4.07. The Morgan fingerprint density at radius 1 is 1.02 bits per heavy atom. The molecule has 1 heterocycles. The molecule has 40 heavy (non-hydrogen) atoms. The molecule has 0 bridgehead atoms. The molecule has 0 fully saturated rings. The van der Waals surface area contributed by atoms with Gasteiger partial charge in [0.1, 0.15) is 18.0 Å². The molecule has 0 unspecified atom stereocenters. The van der Waals surface area contributed by atoms with Crippen LogP contribution in [0.4, 0.5) is 23.7 Å². The summed E-state index contributed by atoms with van der Waals surface area (Å²) in [6, 6.07) is 16.1. The normalized spacial score (nSPS) is 14.9. The predicted molar refractivity (Wildman–Crippen MR) is 145 cm³/mol. The standard InChI is InChI=1S/C29H29F3N4O4/c1-18-5-7-19(8-6-18)25-16-24(23-14-13-22(39-3)15-26(23)40-4)34-36(25)27(37)17-35(2)28(38)33-21-11-9-20(10-12-21)29(30,31)32/h5-15,25H,16-17H2,1-4H3,(H,33,38)/t25-/m0/s1. The molecule has 0 radical (unpaired) electrons. The molecule has 3 aromatic rings. The Labute approximate surface area is 230 Å². The molecule has 3 aromatic carbocycles. The van der Waals surface area contributed by atoms with Crippen molar-refractivity contribution in [2.75, 3.05) is 33.1 Å². The van der Waals surface area contributed by atoms with Crippen molar-refractivity contribution >= 4 is 23.3 Å². The lowest BCUT2D eigenvalue weighted by Gasteiger charge is -2.25. The maximum Gasteiger partial charge on any atom is 0.416 e. The molecule has 1 N–H and O–H groups in total. The Bertz CT molecular complexity index is 1410. The van der Waals surface area contributed by atoms with Crippen LogP contribution in [0.3, 0.4) is 0 Å². The third-order valence-corrected chi connectivity index (χ3v) is 6.53. The lowest BCUT2D eigenvalue weighted by Crippen LogP contribution is -2.41. The van der Waals surface area contributed by atoms with Crippen molar-refractivity contribution in [1.29, 1.82) is 0 Å². The Kier molecular flexibility index (Phi) is 8.32. The highest BCUT2D eigenvalue weighted by Crippen LogP contribution is 2.36. The number of halogens is 3. The summed E-state index contributed by atoms with van der Waals surface area (Å²) in [5, 5.41) is 8.52. The largest absolute Gasteiger partial charge is 0.497 e. The summed E-state index contributed by atoms with van der Waals surface area (Å²) in [7, 11) is 4.52. The van der Waals surface area contributed by atoms with Gasteiger partial charge in [-0.3, -0.25) is 4.79 Å². The van der Waals surface area contributed by atoms with Crippen molar-refractivity contribution < 1.29 is 32.2 Å². The summed E-state index contributed by atoms with van der Waals surface area (Å²) in [6.45, 7) is 1.65. The molecule has 210 valence electrons. The molecule has 11 heteroatoms. The zero-order chi connectivity index (χ0) is 29.0. The number of benzene rings is 3. The summed E-state index contributed by atoms with van der Waals surface area (Å²) in [5.74, 6) is 0.726. The lowest BCUT2D eigenvalue weighted by molar-refractivity contribution is -0.137. The van der Waals surface area contributed by atoms with Crippen LogP contribution in [0.5, 0.6) is 11.5 Å². The predicted octanol–water partition coefficient (Wildman–Crippen LogP) is 5.87. The van der Waals surface area contributed by atoms with Crippen molar-refractivity contribution in [1.82, 2.24) is 9.91 Å². The van der Waals surface area contributed by atoms with Gasteiger partial charge in [0.05, 0.1) is 31.5 Å². The topological polar surface area (TPSA) is 83.5 Å². The van der Waals surface area contributed by atoms with Crippen LogP contribution in [0.2, 0.25) is 0 Å². The number of urea groups is 1. The van der Waals surface area contributed by atoms with Crippen molar-refractivity contribution in [3.8, 4) is 11.5 Å². The van der Waals surface area contributed by atoms with Gasteiger partial charge in [-0.15, -0.1) is 0 Å². The van der Waals surface area contributed by atoms with Crippen molar-refractivity contribution in [2.45, 2.75) is 25.6 Å². The summed E-state index contributed by atoms with van der Waals surface area (Å²) < 4.78 is 49.3. The van der Waals surface area contributed by atoms with E-state index in [1.54, 1.807) is 26.4 Å². The van der Waals surface area contributed by atoms with Crippen molar-refractivity contribution in [2.24, 2.45) is 5.10 Å². The number of nitrogens with zero attached hydrogens (tertiary/aromatic N) is 3. The van der Waals surface area contributed by atoms with E-state index >= 15 is 0 Å². The molecule has 1 aliphatic rings. The van der Waals surface area contributed by atoms with Crippen LogP contribution in [-0.4, -0.2) is 55.4 Å². The van der Waals surface area contributed by atoms with Crippen LogP contribution in [0.1, 0.15) is 34.7 Å². The quantitative estimate of drug-likeness (QED) is 0.396. The number of aryl methyl sites for hydroxylation is 1. The van der Waals surface area contributed by atoms with Crippen LogP contribution >= 0.6 is 0 Å². The first-order valence-corrected chi connectivity index (χ1v) is 12.4. The van der Waals surface area contributed by atoms with E-state index in [0.29, 0.717) is 29.2 Å². The molecule has 3 amide bonds. The first-order valence-electron chi connectivity index (χ1n) is 12.4. The number of anilines is 1. The van der Waals surface area contributed by atoms with E-state index in [2.05, 4.69) is 10.4 Å². The number of methoxy groups -OCH3 is 2. The monoisotopic (exact) mass is 554 g/mol. The number of alkyl halides is 3. The van der Waals surface area contributed by atoms with E-state index in [0.717, 1.165) is 40.3 Å². The lowest BCUT2D eigenvalue weighted by atomic mass is 9.97. The molecule has 0 saturated heterocycles. The fourth-order valence-corrected chi connectivity index (χ4v) is 4.30. The highest BCUT2D eigenvalue weighted by atomic mass is 19.4. The number of hydrogen-bond donors (Lipinski definition) is 1. The second-order valence-corrected chi connectivity index (χ2v) is 9.34. The van der Waals surface area contributed by atoms with Crippen LogP contribution < -0.4 is 14.8 Å². The van der Waals surface area contributed by atoms with E-state index in [4.69, 9.17) is 9.47 Å². The van der Waals surface area contributed by atoms with Crippen LogP contribution in [-0.2, 0) is 11.0 Å². The van der Waals surface area contributed by atoms with Crippen LogP contribution in [0.25, 0.3) is 0 Å². The molecule has 1 atom stereocenters. The second-order valence-electron chi connectivity index (χ2n) is 9.34. The van der Waals surface area contributed by atoms with Gasteiger partial charge in [-0.05, 0) is 48.9 Å². The molecular formula is C29H29F3N4O4. The maximum absolute atomic E-state index is 13.5. The Balaban J connectivity index is 1.54. The van der Waals surface area contributed by atoms with Gasteiger partial charge in [-0.25, -0.2) is 9.80 Å². The van der Waals surface area contributed by atoms with Gasteiger partial charge in [0.15, 0.2) is 0 Å². The SMILES string of the molecule is COc1ccc(C2=NN(C(=O)CN(C)C(=O)Nc3ccc(C(F)(F)F)cc3)[C@H](c3ccc(C)cc3)C2)c(OC)c1. The number of ether oxygens (including phenoxy) is 2. The molecule has 0 aliphatic carbocycles. The number of hydrogen-bond acceptors (Lipinski definition) is 5. The fourth-order valence-electron chi connectivity index (χ4n) is 4.30. The summed E-state index contributed by atoms with van der Waals surface area (Å²) in [4.78, 5) is 27.3. The number of rotatable bonds is 7. The minimum Gasteiger partial charge on any atom is -0.497 e. The number of nitrogens with one attached hydrogen (secondary N) is 1. The maximum atomic E-state index is 13.5. The highest BCUT2D eigenvalue weighted by molar-refractivity contribution is 6.05. The van der Waals surface area contributed by atoms with Gasteiger partial charge >= 0.3 is 12.2 Å². The zero-order valence-corrected chi connectivity index (χ0v) is 22.5. The minimum atomic E-state index is -4.48. The van der Waals surface area contributed by atoms with E-state index < -0.39 is 29.7 Å². The van der Waals surface area contributed by atoms with Crippen molar-refractivity contribution in [3.05, 3.63) is 89.0 Å². The van der Waals surface area contributed by atoms with Crippen LogP contribution in [0.15, 0.2) is 71.8 Å². The molecule has 1 aliphatic heterocycles. The number of carbonyl (C=O) groups is 2. The highest BCUT2D eigenvalue weighted by Gasteiger charge is 2.35. The minimum absolute atomic E-state index is 0.169. The fraction of sp³-hybridized carbons (Fsp3) is 0.276. The molecule has 0 saturated carbocycles. The van der Waals surface area contributed by atoms with Gasteiger partial charge in [0.25, 0.3) is 5.91 Å². The molecule has 4 rings (SSSR count). The second kappa shape index (κ2) is 11.7. The first-order chi connectivity index (χ1) is 19.0. The number of likely N-dealkylation sites (N-methyl/N-ethyl adjacent to an activating group) is 1. The molecular weight excluding hydrogens is 525 g/mol. The van der Waals surface area contributed by atoms with E-state index in [1.165, 1.54) is 12.1 Å². The Morgan fingerprint density at radius 3 is 2.30 bits per heavy atom. The third kappa shape index (κ3) is 6.36. The molecule has 0 spiro atoms. The van der Waals surface area contributed by atoms with E-state index in [-0.39, 0.29) is 12.2 Å². The number of hydrazone groups is 1. The summed E-state index contributed by atoms with van der Waals surface area (Å²) in [5.41, 5.74) is 2.63. The zero-order valence-electron chi connectivity index (χ0n) is 22.5. The van der Waals surface area contributed by atoms with Gasteiger partial charge in [-0.1, -0.05) is 29.8 Å². The molecule has 0 aromatic heterocycles. The Morgan fingerprint density at radius 2 is 1.70 bits per heavy atom. The molecule has 8 nitrogen and oxygen atoms in total. The van der Waals surface area contributed by atoms with Crippen molar-refractivity contribution in [3.63, 3.8) is 0 Å². The number of amides is 3. The van der Waals surface area contributed by atoms with E-state index in [9.17, 15) is 22.8 Å².